The molecule has 0 saturated heterocycles. The van der Waals surface area contributed by atoms with Gasteiger partial charge in [-0.15, -0.1) is 0 Å². The maximum Gasteiger partial charge on any atom is 0.179 e. The maximum absolute atomic E-state index is 12.0. The molecule has 0 atom stereocenters. The molecule has 0 saturated carbocycles. The molecule has 1 rings (SSSR count). The zero-order chi connectivity index (χ0) is 14.8. The lowest BCUT2D eigenvalue weighted by atomic mass is 10.2. The topological polar surface area (TPSA) is 79.2 Å². The summed E-state index contributed by atoms with van der Waals surface area (Å²) in [5, 5.41) is 11.8. The summed E-state index contributed by atoms with van der Waals surface area (Å²) in [6.45, 7) is 4.48. The first-order chi connectivity index (χ1) is 9.60. The van der Waals surface area contributed by atoms with Crippen LogP contribution in [0.4, 0.5) is 0 Å². The van der Waals surface area contributed by atoms with E-state index in [2.05, 4.69) is 5.32 Å². The average molecular weight is 296 g/mol. The summed E-state index contributed by atoms with van der Waals surface area (Å²) in [6.07, 6.45) is 0.866. The van der Waals surface area contributed by atoms with Gasteiger partial charge in [0.2, 0.25) is 0 Å². The maximum atomic E-state index is 12.0. The third kappa shape index (κ3) is 5.70. The van der Waals surface area contributed by atoms with Crippen molar-refractivity contribution in [1.29, 1.82) is 5.26 Å². The Labute approximate surface area is 120 Å². The van der Waals surface area contributed by atoms with Gasteiger partial charge in [-0.2, -0.15) is 5.26 Å². The van der Waals surface area contributed by atoms with Crippen molar-refractivity contribution in [2.45, 2.75) is 18.2 Å². The van der Waals surface area contributed by atoms with Gasteiger partial charge < -0.3 is 10.1 Å². The third-order valence-electron chi connectivity index (χ3n) is 2.74. The van der Waals surface area contributed by atoms with Crippen LogP contribution in [0.15, 0.2) is 29.2 Å². The first kappa shape index (κ1) is 16.6. The van der Waals surface area contributed by atoms with Crippen molar-refractivity contribution in [3.8, 4) is 6.07 Å². The number of rotatable bonds is 9. The Balaban J connectivity index is 2.36. The molecule has 110 valence electrons. The quantitative estimate of drug-likeness (QED) is 0.696. The second kappa shape index (κ2) is 8.69. The van der Waals surface area contributed by atoms with Crippen LogP contribution in [0.25, 0.3) is 0 Å². The van der Waals surface area contributed by atoms with E-state index in [1.807, 2.05) is 13.0 Å². The average Bonchev–Trinajstić information content (AvgIpc) is 2.46. The van der Waals surface area contributed by atoms with Crippen LogP contribution in [0.2, 0.25) is 0 Å². The van der Waals surface area contributed by atoms with E-state index in [0.717, 1.165) is 13.0 Å². The minimum absolute atomic E-state index is 0.0491. The van der Waals surface area contributed by atoms with Crippen molar-refractivity contribution in [3.63, 3.8) is 0 Å². The number of ether oxygens (including phenoxy) is 1. The largest absolute Gasteiger partial charge is 0.382 e. The van der Waals surface area contributed by atoms with Gasteiger partial charge in [-0.1, -0.05) is 0 Å². The highest BCUT2D eigenvalue weighted by Gasteiger charge is 2.13. The van der Waals surface area contributed by atoms with E-state index in [1.54, 1.807) is 0 Å². The number of hydrogen-bond acceptors (Lipinski definition) is 5. The third-order valence-corrected chi connectivity index (χ3v) is 4.47. The van der Waals surface area contributed by atoms with Gasteiger partial charge in [0, 0.05) is 19.8 Å². The number of nitrogens with one attached hydrogen (secondary N) is 1. The first-order valence-corrected chi connectivity index (χ1v) is 8.26. The van der Waals surface area contributed by atoms with Crippen LogP contribution in [0.3, 0.4) is 0 Å². The van der Waals surface area contributed by atoms with E-state index in [9.17, 15) is 8.42 Å². The highest BCUT2D eigenvalue weighted by molar-refractivity contribution is 7.91. The lowest BCUT2D eigenvalue weighted by Crippen LogP contribution is -2.24. The van der Waals surface area contributed by atoms with Crippen LogP contribution in [-0.4, -0.2) is 40.5 Å². The van der Waals surface area contributed by atoms with E-state index in [4.69, 9.17) is 10.00 Å². The molecular weight excluding hydrogens is 276 g/mol. The molecule has 0 fully saturated rings. The summed E-state index contributed by atoms with van der Waals surface area (Å²) in [6, 6.07) is 7.95. The van der Waals surface area contributed by atoms with E-state index < -0.39 is 9.84 Å². The Morgan fingerprint density at radius 2 is 1.95 bits per heavy atom. The Hall–Kier alpha value is -1.42. The number of benzene rings is 1. The summed E-state index contributed by atoms with van der Waals surface area (Å²) in [7, 11) is -3.29. The van der Waals surface area contributed by atoms with Gasteiger partial charge in [0.15, 0.2) is 9.84 Å². The van der Waals surface area contributed by atoms with Gasteiger partial charge >= 0.3 is 0 Å². The molecule has 0 heterocycles. The molecule has 0 bridgehead atoms. The van der Waals surface area contributed by atoms with Crippen LogP contribution in [0, 0.1) is 11.3 Å². The molecule has 1 aromatic carbocycles. The summed E-state index contributed by atoms with van der Waals surface area (Å²) in [4.78, 5) is 0.257. The molecule has 0 aromatic heterocycles. The van der Waals surface area contributed by atoms with Crippen molar-refractivity contribution < 1.29 is 13.2 Å². The fourth-order valence-electron chi connectivity index (χ4n) is 1.63. The highest BCUT2D eigenvalue weighted by atomic mass is 32.2. The Kier molecular flexibility index (Phi) is 7.23. The predicted octanol–water partition coefficient (Wildman–Crippen LogP) is 1.35. The van der Waals surface area contributed by atoms with Crippen molar-refractivity contribution in [2.75, 3.05) is 32.1 Å². The Bertz CT molecular complexity index is 533. The zero-order valence-corrected chi connectivity index (χ0v) is 12.4. The van der Waals surface area contributed by atoms with Crippen molar-refractivity contribution in [3.05, 3.63) is 29.8 Å². The summed E-state index contributed by atoms with van der Waals surface area (Å²) < 4.78 is 29.2. The number of nitriles is 1. The molecule has 5 nitrogen and oxygen atoms in total. The summed E-state index contributed by atoms with van der Waals surface area (Å²) >= 11 is 0. The van der Waals surface area contributed by atoms with E-state index >= 15 is 0 Å². The molecule has 0 unspecified atom stereocenters. The molecule has 0 aliphatic heterocycles. The smallest absolute Gasteiger partial charge is 0.179 e. The highest BCUT2D eigenvalue weighted by Crippen LogP contribution is 2.11. The van der Waals surface area contributed by atoms with Crippen molar-refractivity contribution in [2.24, 2.45) is 0 Å². The van der Waals surface area contributed by atoms with Crippen molar-refractivity contribution in [1.82, 2.24) is 5.32 Å². The molecule has 0 amide bonds. The van der Waals surface area contributed by atoms with Gasteiger partial charge in [0.05, 0.1) is 22.3 Å². The zero-order valence-electron chi connectivity index (χ0n) is 11.6. The second-order valence-electron chi connectivity index (χ2n) is 4.26. The van der Waals surface area contributed by atoms with Gasteiger partial charge in [-0.3, -0.25) is 0 Å². The lowest BCUT2D eigenvalue weighted by molar-refractivity contribution is 0.145. The molecule has 1 N–H and O–H groups in total. The molecule has 6 heteroatoms. The van der Waals surface area contributed by atoms with E-state index in [0.29, 0.717) is 25.3 Å². The summed E-state index contributed by atoms with van der Waals surface area (Å²) in [5.74, 6) is 0.0491. The standard InChI is InChI=1S/C14H20N2O3S/c1-2-19-10-3-8-16-9-11-20(17,18)14-6-4-13(12-15)5-7-14/h4-7,16H,2-3,8-11H2,1H3. The SMILES string of the molecule is CCOCCCNCCS(=O)(=O)c1ccc(C#N)cc1. The van der Waals surface area contributed by atoms with Gasteiger partial charge in [-0.25, -0.2) is 8.42 Å². The molecule has 0 aliphatic rings. The van der Waals surface area contributed by atoms with Crippen LogP contribution in [0.1, 0.15) is 18.9 Å². The number of sulfone groups is 1. The normalized spacial score (nSPS) is 11.2. The van der Waals surface area contributed by atoms with Crippen LogP contribution < -0.4 is 5.32 Å². The molecule has 1 aromatic rings. The first-order valence-electron chi connectivity index (χ1n) is 6.61. The van der Waals surface area contributed by atoms with Gasteiger partial charge in [0.25, 0.3) is 0 Å². The fraction of sp³-hybridized carbons (Fsp3) is 0.500. The molecule has 20 heavy (non-hydrogen) atoms. The van der Waals surface area contributed by atoms with E-state index in [1.165, 1.54) is 24.3 Å². The fourth-order valence-corrected chi connectivity index (χ4v) is 2.83. The van der Waals surface area contributed by atoms with E-state index in [-0.39, 0.29) is 10.6 Å². The van der Waals surface area contributed by atoms with Crippen LogP contribution in [0.5, 0.6) is 0 Å². The van der Waals surface area contributed by atoms with Crippen LogP contribution >= 0.6 is 0 Å². The molecule has 0 aliphatic carbocycles. The molecule has 0 spiro atoms. The van der Waals surface area contributed by atoms with Crippen LogP contribution in [-0.2, 0) is 14.6 Å². The van der Waals surface area contributed by atoms with Gasteiger partial charge in [0.1, 0.15) is 0 Å². The van der Waals surface area contributed by atoms with Gasteiger partial charge in [-0.05, 0) is 44.2 Å². The molecule has 0 radical (unpaired) electrons. The van der Waals surface area contributed by atoms with Crippen molar-refractivity contribution >= 4 is 9.84 Å². The second-order valence-corrected chi connectivity index (χ2v) is 6.36. The Morgan fingerprint density at radius 3 is 2.55 bits per heavy atom. The monoisotopic (exact) mass is 296 g/mol. The summed E-state index contributed by atoms with van der Waals surface area (Å²) in [5.41, 5.74) is 0.456. The minimum Gasteiger partial charge on any atom is -0.382 e. The lowest BCUT2D eigenvalue weighted by Gasteiger charge is -2.06. The number of hydrogen-bond donors (Lipinski definition) is 1. The number of nitrogens with zero attached hydrogens (tertiary/aromatic N) is 1. The minimum atomic E-state index is -3.29. The Morgan fingerprint density at radius 1 is 1.25 bits per heavy atom. The molecular formula is C14H20N2O3S. The predicted molar refractivity (Wildman–Crippen MR) is 77.2 cm³/mol.